The number of hydrogen-bond donors (Lipinski definition) is 1. The number of rotatable bonds is 0. The van der Waals surface area contributed by atoms with Gasteiger partial charge in [-0.05, 0) is 25.1 Å². The van der Waals surface area contributed by atoms with E-state index in [4.69, 9.17) is 5.73 Å². The molecule has 0 saturated carbocycles. The molecule has 1 rings (SSSR count). The monoisotopic (exact) mass is 153 g/mol. The van der Waals surface area contributed by atoms with Gasteiger partial charge < -0.3 is 5.73 Å². The summed E-state index contributed by atoms with van der Waals surface area (Å²) in [5.74, 6) is 0. The summed E-state index contributed by atoms with van der Waals surface area (Å²) in [5.41, 5.74) is 5.40. The molecule has 0 spiro atoms. The Labute approximate surface area is 64.5 Å². The van der Waals surface area contributed by atoms with E-state index in [1.165, 1.54) is 14.6 Å². The fourth-order valence-electron chi connectivity index (χ4n) is 0.908. The number of nitrogens with two attached hydrogens (primary N) is 1. The minimum atomic E-state index is 1.17. The highest BCUT2D eigenvalue weighted by Crippen LogP contribution is 1.94. The molecule has 10 heavy (non-hydrogen) atoms. The molecule has 0 amide bonds. The van der Waals surface area contributed by atoms with Crippen LogP contribution < -0.4 is 15.5 Å². The van der Waals surface area contributed by atoms with Crippen LogP contribution in [0.1, 0.15) is 11.8 Å². The molecule has 0 aliphatic rings. The summed E-state index contributed by atoms with van der Waals surface area (Å²) in [7, 11) is 0. The van der Waals surface area contributed by atoms with Gasteiger partial charge in [-0.3, -0.25) is 0 Å². The highest BCUT2D eigenvalue weighted by atomic mass is 32.1. The molecule has 0 saturated heterocycles. The van der Waals surface area contributed by atoms with Crippen LogP contribution in [0.15, 0.2) is 6.07 Å². The molecule has 1 nitrogen and oxygen atoms in total. The summed E-state index contributed by atoms with van der Waals surface area (Å²) >= 11 is 1.73. The fourth-order valence-corrected chi connectivity index (χ4v) is 1.80. The maximum absolute atomic E-state index is 5.40. The Bertz CT molecular complexity index is 290. The average Bonchev–Trinajstić information content (AvgIpc) is 2.30. The van der Waals surface area contributed by atoms with Crippen LogP contribution >= 0.6 is 11.3 Å². The van der Waals surface area contributed by atoms with Gasteiger partial charge in [0, 0.05) is 15.6 Å². The predicted molar refractivity (Wildman–Crippen MR) is 47.1 cm³/mol. The summed E-state index contributed by atoms with van der Waals surface area (Å²) in [6.45, 7) is 4.11. The van der Waals surface area contributed by atoms with Crippen LogP contribution in [0.4, 0.5) is 0 Å². The van der Waals surface area contributed by atoms with Crippen LogP contribution in [0.5, 0.6) is 0 Å². The van der Waals surface area contributed by atoms with Crippen molar-refractivity contribution in [3.63, 3.8) is 0 Å². The van der Waals surface area contributed by atoms with Crippen molar-refractivity contribution in [1.82, 2.24) is 0 Å². The Hall–Kier alpha value is -0.760. The molecule has 0 unspecified atom stereocenters. The smallest absolute Gasteiger partial charge is 0.0496 e. The zero-order valence-corrected chi connectivity index (χ0v) is 7.03. The molecule has 0 aliphatic heterocycles. The summed E-state index contributed by atoms with van der Waals surface area (Å²) in [6.07, 6.45) is 3.73. The second-order valence-electron chi connectivity index (χ2n) is 2.13. The quantitative estimate of drug-likeness (QED) is 0.579. The van der Waals surface area contributed by atoms with Crippen LogP contribution in [0.25, 0.3) is 12.3 Å². The van der Waals surface area contributed by atoms with Gasteiger partial charge >= 0.3 is 0 Å². The zero-order chi connectivity index (χ0) is 7.56. The highest BCUT2D eigenvalue weighted by Gasteiger charge is 1.88. The Morgan fingerprint density at radius 2 is 2.30 bits per heavy atom. The molecule has 2 heteroatoms. The van der Waals surface area contributed by atoms with Crippen molar-refractivity contribution in [2.45, 2.75) is 13.8 Å². The first-order valence-corrected chi connectivity index (χ1v) is 4.04. The van der Waals surface area contributed by atoms with Crippen molar-refractivity contribution in [2.24, 2.45) is 5.73 Å². The SMILES string of the molecule is C/C=c1/cc(C)s/c1=C/N. The molecule has 0 radical (unpaired) electrons. The Morgan fingerprint density at radius 1 is 1.60 bits per heavy atom. The standard InChI is InChI=1S/C8H11NS/c1-3-7-4-6(2)10-8(7)5-9/h3-5H,9H2,1-2H3/b7-3-,8-5+. The van der Waals surface area contributed by atoms with Crippen LogP contribution in [-0.2, 0) is 0 Å². The van der Waals surface area contributed by atoms with Crippen molar-refractivity contribution in [2.75, 3.05) is 0 Å². The van der Waals surface area contributed by atoms with Crippen LogP contribution in [-0.4, -0.2) is 0 Å². The van der Waals surface area contributed by atoms with Crippen molar-refractivity contribution in [1.29, 1.82) is 0 Å². The minimum absolute atomic E-state index is 1.17. The molecular weight excluding hydrogens is 142 g/mol. The van der Waals surface area contributed by atoms with E-state index in [1.54, 1.807) is 17.5 Å². The molecule has 1 aromatic heterocycles. The predicted octanol–water partition coefficient (Wildman–Crippen LogP) is 0.554. The molecule has 2 N–H and O–H groups in total. The lowest BCUT2D eigenvalue weighted by Crippen LogP contribution is -2.18. The van der Waals surface area contributed by atoms with Gasteiger partial charge in [0.1, 0.15) is 0 Å². The summed E-state index contributed by atoms with van der Waals surface area (Å²) < 4.78 is 1.17. The number of aryl methyl sites for hydroxylation is 1. The van der Waals surface area contributed by atoms with Gasteiger partial charge in [0.2, 0.25) is 0 Å². The van der Waals surface area contributed by atoms with Crippen LogP contribution in [0, 0.1) is 6.92 Å². The van der Waals surface area contributed by atoms with Crippen molar-refractivity contribution < 1.29 is 0 Å². The van der Waals surface area contributed by atoms with E-state index in [9.17, 15) is 0 Å². The van der Waals surface area contributed by atoms with Crippen LogP contribution in [0.3, 0.4) is 0 Å². The Morgan fingerprint density at radius 3 is 2.70 bits per heavy atom. The highest BCUT2D eigenvalue weighted by molar-refractivity contribution is 7.09. The molecule has 54 valence electrons. The lowest BCUT2D eigenvalue weighted by molar-refractivity contribution is 1.57. The largest absolute Gasteiger partial charge is 0.403 e. The molecule has 1 heterocycles. The van der Waals surface area contributed by atoms with E-state index in [0.717, 1.165) is 0 Å². The minimum Gasteiger partial charge on any atom is -0.403 e. The lowest BCUT2D eigenvalue weighted by atomic mass is 10.4. The maximum Gasteiger partial charge on any atom is 0.0496 e. The van der Waals surface area contributed by atoms with Crippen molar-refractivity contribution in [3.05, 3.63) is 20.7 Å². The van der Waals surface area contributed by atoms with E-state index in [-0.39, 0.29) is 0 Å². The summed E-state index contributed by atoms with van der Waals surface area (Å²) in [5, 5.41) is 1.24. The molecule has 0 atom stereocenters. The Balaban J connectivity index is 3.53. The normalized spacial score (nSPS) is 14.6. The van der Waals surface area contributed by atoms with Gasteiger partial charge in [-0.25, -0.2) is 0 Å². The average molecular weight is 153 g/mol. The fraction of sp³-hybridized carbons (Fsp3) is 0.250. The van der Waals surface area contributed by atoms with Gasteiger partial charge in [-0.1, -0.05) is 6.08 Å². The Kier molecular flexibility index (Phi) is 2.12. The molecular formula is C8H11NS. The topological polar surface area (TPSA) is 26.0 Å². The van der Waals surface area contributed by atoms with Gasteiger partial charge in [0.05, 0.1) is 0 Å². The van der Waals surface area contributed by atoms with Gasteiger partial charge in [-0.2, -0.15) is 0 Å². The van der Waals surface area contributed by atoms with E-state index in [0.29, 0.717) is 0 Å². The van der Waals surface area contributed by atoms with Crippen LogP contribution in [0.2, 0.25) is 0 Å². The second-order valence-corrected chi connectivity index (χ2v) is 3.42. The van der Waals surface area contributed by atoms with E-state index in [2.05, 4.69) is 19.1 Å². The summed E-state index contributed by atoms with van der Waals surface area (Å²) in [6, 6.07) is 2.14. The molecule has 0 aliphatic carbocycles. The van der Waals surface area contributed by atoms with E-state index < -0.39 is 0 Å². The molecule has 0 aromatic carbocycles. The lowest BCUT2D eigenvalue weighted by Gasteiger charge is -1.71. The maximum atomic E-state index is 5.40. The van der Waals surface area contributed by atoms with Crippen molar-refractivity contribution in [3.8, 4) is 0 Å². The molecule has 0 bridgehead atoms. The van der Waals surface area contributed by atoms with Gasteiger partial charge in [0.15, 0.2) is 0 Å². The van der Waals surface area contributed by atoms with Gasteiger partial charge in [0.25, 0.3) is 0 Å². The zero-order valence-electron chi connectivity index (χ0n) is 6.22. The second kappa shape index (κ2) is 2.88. The summed E-state index contributed by atoms with van der Waals surface area (Å²) in [4.78, 5) is 1.31. The van der Waals surface area contributed by atoms with E-state index in [1.807, 2.05) is 6.92 Å². The first-order chi connectivity index (χ1) is 4.77. The third kappa shape index (κ3) is 1.21. The number of hydrogen-bond acceptors (Lipinski definition) is 2. The number of thiophene rings is 1. The van der Waals surface area contributed by atoms with Gasteiger partial charge in [-0.15, -0.1) is 11.3 Å². The molecule has 0 fully saturated rings. The van der Waals surface area contributed by atoms with Crippen molar-refractivity contribution >= 4 is 23.6 Å². The molecule has 1 aromatic rings. The van der Waals surface area contributed by atoms with E-state index >= 15 is 0 Å². The first kappa shape index (κ1) is 7.35. The first-order valence-electron chi connectivity index (χ1n) is 3.22. The third-order valence-electron chi connectivity index (χ3n) is 1.38. The third-order valence-corrected chi connectivity index (χ3v) is 2.41.